The normalized spacial score (nSPS) is 15.8. The first kappa shape index (κ1) is 16.7. The molecule has 0 fully saturated rings. The summed E-state index contributed by atoms with van der Waals surface area (Å²) in [6, 6.07) is 16.0. The third-order valence-electron chi connectivity index (χ3n) is 3.72. The number of rotatable bonds is 6. The van der Waals surface area contributed by atoms with Crippen LogP contribution in [0.25, 0.3) is 0 Å². The molecule has 1 amide bonds. The van der Waals surface area contributed by atoms with Crippen LogP contribution in [0.5, 0.6) is 11.5 Å². The molecule has 2 aromatic carbocycles. The summed E-state index contributed by atoms with van der Waals surface area (Å²) in [5.41, 5.74) is 2.48. The Labute approximate surface area is 146 Å². The van der Waals surface area contributed by atoms with Gasteiger partial charge in [-0.15, -0.1) is 11.8 Å². The number of fused-ring (bicyclic) bond motifs is 1. The van der Waals surface area contributed by atoms with Crippen LogP contribution in [-0.2, 0) is 10.5 Å². The highest BCUT2D eigenvalue weighted by Gasteiger charge is 2.20. The Hall–Kier alpha value is -2.14. The monoisotopic (exact) mass is 343 g/mol. The minimum Gasteiger partial charge on any atom is -0.486 e. The average Bonchev–Trinajstić information content (AvgIpc) is 2.61. The van der Waals surface area contributed by atoms with Crippen molar-refractivity contribution >= 4 is 17.7 Å². The zero-order chi connectivity index (χ0) is 16.8. The van der Waals surface area contributed by atoms with Gasteiger partial charge in [0, 0.05) is 5.75 Å². The van der Waals surface area contributed by atoms with Crippen LogP contribution in [0.3, 0.4) is 0 Å². The topological polar surface area (TPSA) is 47.6 Å². The van der Waals surface area contributed by atoms with Gasteiger partial charge in [0.1, 0.15) is 12.7 Å². The summed E-state index contributed by atoms with van der Waals surface area (Å²) in [5.74, 6) is 2.79. The van der Waals surface area contributed by atoms with Gasteiger partial charge in [-0.25, -0.2) is 0 Å². The van der Waals surface area contributed by atoms with Crippen LogP contribution in [0.4, 0.5) is 0 Å². The lowest BCUT2D eigenvalue weighted by Gasteiger charge is -2.26. The molecule has 0 unspecified atom stereocenters. The van der Waals surface area contributed by atoms with E-state index < -0.39 is 0 Å². The highest BCUT2D eigenvalue weighted by molar-refractivity contribution is 7.99. The molecule has 0 aromatic heterocycles. The van der Waals surface area contributed by atoms with Crippen LogP contribution in [0, 0.1) is 6.92 Å². The summed E-state index contributed by atoms with van der Waals surface area (Å²) < 4.78 is 11.5. The Morgan fingerprint density at radius 2 is 1.92 bits per heavy atom. The van der Waals surface area contributed by atoms with Gasteiger partial charge >= 0.3 is 0 Å². The Balaban J connectivity index is 1.36. The summed E-state index contributed by atoms with van der Waals surface area (Å²) in [4.78, 5) is 11.9. The molecule has 2 aromatic rings. The molecule has 0 radical (unpaired) electrons. The van der Waals surface area contributed by atoms with Crippen molar-refractivity contribution in [1.29, 1.82) is 0 Å². The molecule has 126 valence electrons. The largest absolute Gasteiger partial charge is 0.486 e. The maximum absolute atomic E-state index is 11.9. The lowest BCUT2D eigenvalue weighted by Crippen LogP contribution is -2.41. The van der Waals surface area contributed by atoms with Gasteiger partial charge in [-0.3, -0.25) is 4.79 Å². The fraction of sp³-hybridized carbons (Fsp3) is 0.316. The zero-order valence-corrected chi connectivity index (χ0v) is 14.5. The van der Waals surface area contributed by atoms with Crippen LogP contribution in [-0.4, -0.2) is 30.9 Å². The molecule has 24 heavy (non-hydrogen) atoms. The van der Waals surface area contributed by atoms with E-state index in [0.717, 1.165) is 17.3 Å². The maximum Gasteiger partial charge on any atom is 0.230 e. The van der Waals surface area contributed by atoms with Crippen molar-refractivity contribution in [2.45, 2.75) is 18.8 Å². The highest BCUT2D eigenvalue weighted by atomic mass is 32.2. The molecular formula is C19H21NO3S. The Morgan fingerprint density at radius 1 is 1.17 bits per heavy atom. The number of amides is 1. The second kappa shape index (κ2) is 8.11. The van der Waals surface area contributed by atoms with Crippen LogP contribution in [0.15, 0.2) is 48.5 Å². The molecule has 0 saturated carbocycles. The van der Waals surface area contributed by atoms with Crippen molar-refractivity contribution < 1.29 is 14.3 Å². The van der Waals surface area contributed by atoms with E-state index in [0.29, 0.717) is 18.9 Å². The SMILES string of the molecule is Cc1ccc(CSCC(=O)NC[C@H]2COc3ccccc3O2)cc1. The van der Waals surface area contributed by atoms with Crippen LogP contribution < -0.4 is 14.8 Å². The van der Waals surface area contributed by atoms with Crippen molar-refractivity contribution in [2.75, 3.05) is 18.9 Å². The second-order valence-corrected chi connectivity index (χ2v) is 6.77. The average molecular weight is 343 g/mol. The van der Waals surface area contributed by atoms with Gasteiger partial charge in [0.25, 0.3) is 0 Å². The molecule has 0 bridgehead atoms. The molecule has 3 rings (SSSR count). The van der Waals surface area contributed by atoms with E-state index in [1.807, 2.05) is 24.3 Å². The number of hydrogen-bond acceptors (Lipinski definition) is 4. The highest BCUT2D eigenvalue weighted by Crippen LogP contribution is 2.30. The van der Waals surface area contributed by atoms with Crippen molar-refractivity contribution in [1.82, 2.24) is 5.32 Å². The molecule has 1 heterocycles. The van der Waals surface area contributed by atoms with Crippen LogP contribution in [0.1, 0.15) is 11.1 Å². The number of aryl methyl sites for hydroxylation is 1. The summed E-state index contributed by atoms with van der Waals surface area (Å²) in [7, 11) is 0. The van der Waals surface area contributed by atoms with Gasteiger partial charge in [0.2, 0.25) is 5.91 Å². The Bertz CT molecular complexity index is 687. The number of hydrogen-bond donors (Lipinski definition) is 1. The van der Waals surface area contributed by atoms with E-state index in [9.17, 15) is 4.79 Å². The third-order valence-corrected chi connectivity index (χ3v) is 4.72. The molecule has 0 aliphatic carbocycles. The van der Waals surface area contributed by atoms with E-state index in [1.165, 1.54) is 11.1 Å². The van der Waals surface area contributed by atoms with Crippen LogP contribution >= 0.6 is 11.8 Å². The molecule has 1 N–H and O–H groups in total. The first-order valence-electron chi connectivity index (χ1n) is 7.99. The number of benzene rings is 2. The maximum atomic E-state index is 11.9. The number of carbonyl (C=O) groups is 1. The number of thioether (sulfide) groups is 1. The van der Waals surface area contributed by atoms with Gasteiger partial charge in [-0.1, -0.05) is 42.0 Å². The summed E-state index contributed by atoms with van der Waals surface area (Å²) in [6.07, 6.45) is -0.147. The standard InChI is InChI=1S/C19H21NO3S/c1-14-6-8-15(9-7-14)12-24-13-19(21)20-10-16-11-22-17-4-2-3-5-18(17)23-16/h2-9,16H,10-13H2,1H3,(H,20,21)/t16-/m0/s1. The molecule has 0 saturated heterocycles. The molecule has 1 aliphatic heterocycles. The van der Waals surface area contributed by atoms with E-state index >= 15 is 0 Å². The van der Waals surface area contributed by atoms with E-state index in [4.69, 9.17) is 9.47 Å². The van der Waals surface area contributed by atoms with Gasteiger partial charge in [-0.05, 0) is 24.6 Å². The molecule has 1 aliphatic rings. The van der Waals surface area contributed by atoms with E-state index in [-0.39, 0.29) is 12.0 Å². The lowest BCUT2D eigenvalue weighted by atomic mass is 10.2. The number of ether oxygens (including phenoxy) is 2. The number of nitrogens with one attached hydrogen (secondary N) is 1. The first-order valence-corrected chi connectivity index (χ1v) is 9.14. The predicted octanol–water partition coefficient (Wildman–Crippen LogP) is 3.18. The third kappa shape index (κ3) is 4.68. The first-order chi connectivity index (χ1) is 11.7. The fourth-order valence-electron chi connectivity index (χ4n) is 2.39. The molecule has 0 spiro atoms. The minimum atomic E-state index is -0.147. The smallest absolute Gasteiger partial charge is 0.230 e. The number of para-hydroxylation sites is 2. The van der Waals surface area contributed by atoms with Crippen molar-refractivity contribution in [3.63, 3.8) is 0 Å². The van der Waals surface area contributed by atoms with Crippen molar-refractivity contribution in [2.24, 2.45) is 0 Å². The molecular weight excluding hydrogens is 322 g/mol. The minimum absolute atomic E-state index is 0.0228. The van der Waals surface area contributed by atoms with Crippen molar-refractivity contribution in [3.05, 3.63) is 59.7 Å². The van der Waals surface area contributed by atoms with Gasteiger partial charge in [0.15, 0.2) is 11.5 Å². The summed E-state index contributed by atoms with van der Waals surface area (Å²) in [6.45, 7) is 2.98. The summed E-state index contributed by atoms with van der Waals surface area (Å²) >= 11 is 1.61. The second-order valence-electron chi connectivity index (χ2n) is 5.78. The Kier molecular flexibility index (Phi) is 5.64. The lowest BCUT2D eigenvalue weighted by molar-refractivity contribution is -0.119. The fourth-order valence-corrected chi connectivity index (χ4v) is 3.21. The summed E-state index contributed by atoms with van der Waals surface area (Å²) in [5, 5.41) is 2.91. The molecule has 1 atom stereocenters. The van der Waals surface area contributed by atoms with Crippen molar-refractivity contribution in [3.8, 4) is 11.5 Å². The van der Waals surface area contributed by atoms with Gasteiger partial charge < -0.3 is 14.8 Å². The van der Waals surface area contributed by atoms with E-state index in [1.54, 1.807) is 11.8 Å². The number of carbonyl (C=O) groups excluding carboxylic acids is 1. The van der Waals surface area contributed by atoms with Gasteiger partial charge in [-0.2, -0.15) is 0 Å². The predicted molar refractivity (Wildman–Crippen MR) is 96.7 cm³/mol. The Morgan fingerprint density at radius 3 is 2.71 bits per heavy atom. The van der Waals surface area contributed by atoms with Gasteiger partial charge in [0.05, 0.1) is 12.3 Å². The van der Waals surface area contributed by atoms with Crippen LogP contribution in [0.2, 0.25) is 0 Å². The molecule has 5 heteroatoms. The van der Waals surface area contributed by atoms with E-state index in [2.05, 4.69) is 36.5 Å². The quantitative estimate of drug-likeness (QED) is 0.875. The zero-order valence-electron chi connectivity index (χ0n) is 13.7. The molecule has 4 nitrogen and oxygen atoms in total.